The number of piperazine rings is 1. The molecule has 146 valence electrons. The molecule has 4 heterocycles. The lowest BCUT2D eigenvalue weighted by Crippen LogP contribution is -2.55. The molecule has 3 saturated heterocycles. The lowest BCUT2D eigenvalue weighted by atomic mass is 10.1. The number of imide groups is 1. The van der Waals surface area contributed by atoms with Crippen molar-refractivity contribution < 1.29 is 14.4 Å². The maximum absolute atomic E-state index is 13.4. The van der Waals surface area contributed by atoms with Gasteiger partial charge in [-0.2, -0.15) is 5.26 Å². The number of amides is 4. The van der Waals surface area contributed by atoms with Crippen LogP contribution in [0, 0.1) is 17.2 Å². The van der Waals surface area contributed by atoms with Crippen LogP contribution in [0.15, 0.2) is 30.5 Å². The van der Waals surface area contributed by atoms with Gasteiger partial charge in [-0.25, -0.2) is 14.7 Å². The molecular weight excluding hydrogens is 370 g/mol. The number of carbonyl (C=O) groups is 3. The second kappa shape index (κ2) is 6.01. The van der Waals surface area contributed by atoms with Gasteiger partial charge in [-0.05, 0) is 6.42 Å². The number of nitriles is 1. The van der Waals surface area contributed by atoms with E-state index in [4.69, 9.17) is 0 Å². The largest absolute Gasteiger partial charge is 0.335 e. The van der Waals surface area contributed by atoms with E-state index in [1.165, 1.54) is 11.1 Å². The highest BCUT2D eigenvalue weighted by Gasteiger charge is 2.63. The molecule has 5 rings (SSSR count). The molecule has 0 N–H and O–H groups in total. The zero-order valence-electron chi connectivity index (χ0n) is 16.1. The summed E-state index contributed by atoms with van der Waals surface area (Å²) in [7, 11) is 0. The molecule has 8 heteroatoms. The van der Waals surface area contributed by atoms with Gasteiger partial charge in [0.15, 0.2) is 0 Å². The minimum atomic E-state index is -0.654. The van der Waals surface area contributed by atoms with Crippen molar-refractivity contribution >= 4 is 34.3 Å². The third-order valence-corrected chi connectivity index (χ3v) is 6.16. The van der Waals surface area contributed by atoms with Crippen molar-refractivity contribution in [1.82, 2.24) is 14.8 Å². The fourth-order valence-electron chi connectivity index (χ4n) is 4.91. The number of fused-ring (bicyclic) bond motifs is 6. The van der Waals surface area contributed by atoms with Gasteiger partial charge in [-0.1, -0.05) is 38.1 Å². The van der Waals surface area contributed by atoms with Crippen molar-refractivity contribution in [3.63, 3.8) is 0 Å². The summed E-state index contributed by atoms with van der Waals surface area (Å²) in [6.45, 7) is 4.15. The van der Waals surface area contributed by atoms with Crippen LogP contribution in [0.2, 0.25) is 0 Å². The van der Waals surface area contributed by atoms with Gasteiger partial charge in [-0.3, -0.25) is 9.59 Å². The quantitative estimate of drug-likeness (QED) is 0.731. The van der Waals surface area contributed by atoms with Gasteiger partial charge >= 0.3 is 6.03 Å². The summed E-state index contributed by atoms with van der Waals surface area (Å²) in [5, 5.41) is 10.6. The van der Waals surface area contributed by atoms with E-state index in [2.05, 4.69) is 4.98 Å². The Morgan fingerprint density at radius 2 is 1.97 bits per heavy atom. The Morgan fingerprint density at radius 1 is 1.24 bits per heavy atom. The van der Waals surface area contributed by atoms with Crippen LogP contribution in [0.5, 0.6) is 0 Å². The predicted molar refractivity (Wildman–Crippen MR) is 104 cm³/mol. The molecule has 1 aromatic heterocycles. The molecule has 29 heavy (non-hydrogen) atoms. The van der Waals surface area contributed by atoms with E-state index in [1.807, 2.05) is 19.9 Å². The molecule has 3 aliphatic rings. The van der Waals surface area contributed by atoms with Crippen molar-refractivity contribution in [3.05, 3.63) is 36.2 Å². The van der Waals surface area contributed by atoms with Crippen LogP contribution >= 0.6 is 0 Å². The standard InChI is InChI=1S/C21H19N5O3/c1-11(2)19(27)24-10-12-7-16(24)18-20(28)26(21(29)25(12)18)17-9-23-15(8-22)13-5-3-4-6-14(13)17/h3-6,9,11-12,16,18H,7,10H2,1-2H3/t12-,16-,18-/m0/s1. The van der Waals surface area contributed by atoms with E-state index < -0.39 is 6.04 Å². The molecule has 2 aromatic rings. The fraction of sp³-hybridized carbons (Fsp3) is 0.381. The number of likely N-dealkylation sites (tertiary alicyclic amines) is 1. The molecule has 1 aromatic carbocycles. The van der Waals surface area contributed by atoms with Gasteiger partial charge in [-0.15, -0.1) is 0 Å². The molecule has 0 radical (unpaired) electrons. The Labute approximate surface area is 167 Å². The first-order valence-corrected chi connectivity index (χ1v) is 9.68. The Morgan fingerprint density at radius 3 is 2.66 bits per heavy atom. The van der Waals surface area contributed by atoms with Gasteiger partial charge < -0.3 is 9.80 Å². The van der Waals surface area contributed by atoms with Crippen LogP contribution in [-0.4, -0.2) is 57.3 Å². The van der Waals surface area contributed by atoms with E-state index in [-0.39, 0.29) is 41.5 Å². The average Bonchev–Trinajstić information content (AvgIpc) is 3.38. The molecule has 2 bridgehead atoms. The molecule has 0 saturated carbocycles. The highest BCUT2D eigenvalue weighted by atomic mass is 16.2. The zero-order valence-corrected chi connectivity index (χ0v) is 16.1. The molecule has 3 fully saturated rings. The number of nitrogens with zero attached hydrogens (tertiary/aromatic N) is 5. The number of carbonyl (C=O) groups excluding carboxylic acids is 3. The van der Waals surface area contributed by atoms with Crippen LogP contribution in [0.3, 0.4) is 0 Å². The van der Waals surface area contributed by atoms with Crippen molar-refractivity contribution in [2.24, 2.45) is 5.92 Å². The van der Waals surface area contributed by atoms with Crippen LogP contribution in [0.25, 0.3) is 10.8 Å². The van der Waals surface area contributed by atoms with Gasteiger partial charge in [0.05, 0.1) is 24.0 Å². The summed E-state index contributed by atoms with van der Waals surface area (Å²) >= 11 is 0. The second-order valence-corrected chi connectivity index (χ2v) is 8.06. The number of pyridine rings is 1. The van der Waals surface area contributed by atoms with E-state index >= 15 is 0 Å². The highest BCUT2D eigenvalue weighted by molar-refractivity contribution is 6.25. The lowest BCUT2D eigenvalue weighted by molar-refractivity contribution is -0.138. The molecule has 0 spiro atoms. The number of hydrogen-bond donors (Lipinski definition) is 0. The van der Waals surface area contributed by atoms with E-state index in [0.29, 0.717) is 29.4 Å². The van der Waals surface area contributed by atoms with Crippen LogP contribution in [-0.2, 0) is 9.59 Å². The van der Waals surface area contributed by atoms with Gasteiger partial charge in [0, 0.05) is 23.2 Å². The molecule has 0 aliphatic carbocycles. The maximum Gasteiger partial charge on any atom is 0.332 e. The van der Waals surface area contributed by atoms with Crippen LogP contribution in [0.4, 0.5) is 10.5 Å². The second-order valence-electron chi connectivity index (χ2n) is 8.06. The Hall–Kier alpha value is -3.47. The number of anilines is 1. The maximum atomic E-state index is 13.4. The Balaban J connectivity index is 1.57. The van der Waals surface area contributed by atoms with E-state index in [1.54, 1.807) is 34.1 Å². The lowest BCUT2D eigenvalue weighted by Gasteiger charge is -2.35. The Bertz CT molecular complexity index is 1120. The predicted octanol–water partition coefficient (Wildman–Crippen LogP) is 1.88. The smallest absolute Gasteiger partial charge is 0.332 e. The van der Waals surface area contributed by atoms with Crippen molar-refractivity contribution in [2.45, 2.75) is 38.4 Å². The summed E-state index contributed by atoms with van der Waals surface area (Å²) in [6.07, 6.45) is 2.05. The van der Waals surface area contributed by atoms with Gasteiger partial charge in [0.25, 0.3) is 5.91 Å². The fourth-order valence-corrected chi connectivity index (χ4v) is 4.91. The van der Waals surface area contributed by atoms with Gasteiger partial charge in [0.1, 0.15) is 17.8 Å². The molecule has 3 atom stereocenters. The number of urea groups is 1. The summed E-state index contributed by atoms with van der Waals surface area (Å²) < 4.78 is 0. The molecule has 8 nitrogen and oxygen atoms in total. The third-order valence-electron chi connectivity index (χ3n) is 6.16. The summed E-state index contributed by atoms with van der Waals surface area (Å²) in [6, 6.07) is 7.71. The molecule has 4 amide bonds. The SMILES string of the molecule is CC(C)C(=O)N1C[C@@H]2C[C@H]1[C@H]1C(=O)N(c3cnc(C#N)c4ccccc34)C(=O)N21. The zero-order chi connectivity index (χ0) is 20.4. The number of benzene rings is 1. The minimum Gasteiger partial charge on any atom is -0.335 e. The molecular formula is C21H19N5O3. The molecule has 3 aliphatic heterocycles. The first-order valence-electron chi connectivity index (χ1n) is 9.68. The number of rotatable bonds is 2. The highest BCUT2D eigenvalue weighted by Crippen LogP contribution is 2.43. The van der Waals surface area contributed by atoms with Crippen molar-refractivity contribution in [2.75, 3.05) is 11.4 Å². The monoisotopic (exact) mass is 389 g/mol. The van der Waals surface area contributed by atoms with Crippen LogP contribution < -0.4 is 4.90 Å². The summed E-state index contributed by atoms with van der Waals surface area (Å²) in [5.74, 6) is -0.473. The topological polar surface area (TPSA) is 97.6 Å². The Kier molecular flexibility index (Phi) is 3.65. The summed E-state index contributed by atoms with van der Waals surface area (Å²) in [4.78, 5) is 47.9. The number of hydrogen-bond acceptors (Lipinski definition) is 5. The van der Waals surface area contributed by atoms with Gasteiger partial charge in [0.2, 0.25) is 5.91 Å². The normalized spacial score (nSPS) is 25.3. The molecule has 0 unspecified atom stereocenters. The first-order chi connectivity index (χ1) is 13.9. The third kappa shape index (κ3) is 2.24. The average molecular weight is 389 g/mol. The van der Waals surface area contributed by atoms with E-state index in [0.717, 1.165) is 0 Å². The summed E-state index contributed by atoms with van der Waals surface area (Å²) in [5.41, 5.74) is 0.628. The van der Waals surface area contributed by atoms with Crippen LogP contribution in [0.1, 0.15) is 26.0 Å². The number of aromatic nitrogens is 1. The van der Waals surface area contributed by atoms with Crippen molar-refractivity contribution in [3.8, 4) is 6.07 Å². The van der Waals surface area contributed by atoms with E-state index in [9.17, 15) is 19.6 Å². The van der Waals surface area contributed by atoms with Crippen molar-refractivity contribution in [1.29, 1.82) is 5.26 Å². The first kappa shape index (κ1) is 17.6. The minimum absolute atomic E-state index is 0.0151.